The predicted octanol–water partition coefficient (Wildman–Crippen LogP) is 6.64. The minimum atomic E-state index is -4.47. The van der Waals surface area contributed by atoms with Gasteiger partial charge in [-0.2, -0.15) is 13.2 Å². The lowest BCUT2D eigenvalue weighted by Gasteiger charge is -2.17. The molecule has 0 aliphatic heterocycles. The molecule has 182 valence electrons. The highest BCUT2D eigenvalue weighted by molar-refractivity contribution is 5.97. The summed E-state index contributed by atoms with van der Waals surface area (Å²) in [5.74, 6) is 0.270. The minimum Gasteiger partial charge on any atom is -0.342 e. The number of carbonyl (C=O) groups excluding carboxylic acids is 1. The Bertz CT molecular complexity index is 1340. The fourth-order valence-electron chi connectivity index (χ4n) is 4.05. The molecule has 5 nitrogen and oxygen atoms in total. The number of alkyl halides is 3. The topological polar surface area (TPSA) is 50.2 Å². The molecular formula is C27H27F3N4O. The number of imidazole rings is 1. The molecule has 1 aromatic heterocycles. The van der Waals surface area contributed by atoms with Crippen molar-refractivity contribution in [3.63, 3.8) is 0 Å². The Morgan fingerprint density at radius 1 is 1.06 bits per heavy atom. The standard InChI is InChI=1S/C27H27F3N4O/c1-4-15-33(3)25(35)19-11-14-24-23(16-19)32-26(31-21-12-9-18(2)10-13-21)34(24)17-20-7-5-6-8-22(20)27(28,29)30/h5-14,16H,4,15,17H2,1-3H3,(H,31,32). The first kappa shape index (κ1) is 24.3. The summed E-state index contributed by atoms with van der Waals surface area (Å²) < 4.78 is 42.7. The summed E-state index contributed by atoms with van der Waals surface area (Å²) in [5, 5.41) is 3.23. The molecule has 0 saturated heterocycles. The van der Waals surface area contributed by atoms with Crippen LogP contribution in [0, 0.1) is 6.92 Å². The Labute approximate surface area is 202 Å². The Kier molecular flexibility index (Phi) is 6.82. The first-order valence-corrected chi connectivity index (χ1v) is 11.4. The van der Waals surface area contributed by atoms with Gasteiger partial charge in [-0.1, -0.05) is 42.8 Å². The highest BCUT2D eigenvalue weighted by Crippen LogP contribution is 2.34. The average Bonchev–Trinajstić information content (AvgIpc) is 3.16. The summed E-state index contributed by atoms with van der Waals surface area (Å²) in [6.45, 7) is 4.56. The van der Waals surface area contributed by atoms with Crippen LogP contribution in [0.5, 0.6) is 0 Å². The zero-order valence-electron chi connectivity index (χ0n) is 19.9. The molecule has 4 rings (SSSR count). The van der Waals surface area contributed by atoms with Crippen LogP contribution in [0.4, 0.5) is 24.8 Å². The van der Waals surface area contributed by atoms with Crippen molar-refractivity contribution >= 4 is 28.6 Å². The maximum atomic E-state index is 13.7. The molecule has 0 aliphatic rings. The molecule has 0 radical (unpaired) electrons. The van der Waals surface area contributed by atoms with Gasteiger partial charge in [-0.3, -0.25) is 4.79 Å². The quantitative estimate of drug-likeness (QED) is 0.323. The van der Waals surface area contributed by atoms with Crippen LogP contribution in [0.25, 0.3) is 11.0 Å². The first-order valence-electron chi connectivity index (χ1n) is 11.4. The third-order valence-electron chi connectivity index (χ3n) is 5.86. The van der Waals surface area contributed by atoms with Crippen LogP contribution in [0.3, 0.4) is 0 Å². The second-order valence-electron chi connectivity index (χ2n) is 8.60. The number of benzene rings is 3. The van der Waals surface area contributed by atoms with Gasteiger partial charge in [0.15, 0.2) is 0 Å². The second-order valence-corrected chi connectivity index (χ2v) is 8.60. The lowest BCUT2D eigenvalue weighted by Crippen LogP contribution is -2.27. The molecule has 4 aromatic rings. The third kappa shape index (κ3) is 5.31. The number of amides is 1. The number of aryl methyl sites for hydroxylation is 1. The average molecular weight is 481 g/mol. The van der Waals surface area contributed by atoms with E-state index in [0.717, 1.165) is 23.7 Å². The van der Waals surface area contributed by atoms with Crippen molar-refractivity contribution in [3.05, 3.63) is 89.0 Å². The Morgan fingerprint density at radius 3 is 2.46 bits per heavy atom. The lowest BCUT2D eigenvalue weighted by atomic mass is 10.1. The molecule has 1 heterocycles. The SMILES string of the molecule is CCCN(C)C(=O)c1ccc2c(c1)nc(Nc1ccc(C)cc1)n2Cc1ccccc1C(F)(F)F. The van der Waals surface area contributed by atoms with Crippen LogP contribution in [-0.2, 0) is 12.7 Å². The van der Waals surface area contributed by atoms with E-state index in [2.05, 4.69) is 10.3 Å². The molecule has 0 spiro atoms. The highest BCUT2D eigenvalue weighted by Gasteiger charge is 2.33. The van der Waals surface area contributed by atoms with Gasteiger partial charge in [-0.05, 0) is 55.3 Å². The van der Waals surface area contributed by atoms with Gasteiger partial charge in [-0.15, -0.1) is 0 Å². The molecule has 1 amide bonds. The minimum absolute atomic E-state index is 0.0383. The Hall–Kier alpha value is -3.81. The number of nitrogens with zero attached hydrogens (tertiary/aromatic N) is 3. The third-order valence-corrected chi connectivity index (χ3v) is 5.86. The van der Waals surface area contributed by atoms with Gasteiger partial charge in [-0.25, -0.2) is 4.98 Å². The molecule has 0 bridgehead atoms. The predicted molar refractivity (Wildman–Crippen MR) is 132 cm³/mol. The van der Waals surface area contributed by atoms with E-state index in [1.807, 2.05) is 38.1 Å². The molecule has 0 fully saturated rings. The van der Waals surface area contributed by atoms with Crippen molar-refractivity contribution in [3.8, 4) is 0 Å². The summed E-state index contributed by atoms with van der Waals surface area (Å²) >= 11 is 0. The van der Waals surface area contributed by atoms with Gasteiger partial charge in [0.2, 0.25) is 5.95 Å². The van der Waals surface area contributed by atoms with E-state index in [1.54, 1.807) is 40.8 Å². The van der Waals surface area contributed by atoms with E-state index in [4.69, 9.17) is 0 Å². The zero-order valence-corrected chi connectivity index (χ0v) is 19.9. The second kappa shape index (κ2) is 9.82. The fraction of sp³-hybridized carbons (Fsp3) is 0.259. The maximum Gasteiger partial charge on any atom is 0.416 e. The molecule has 0 aliphatic carbocycles. The summed E-state index contributed by atoms with van der Waals surface area (Å²) in [6.07, 6.45) is -3.64. The normalized spacial score (nSPS) is 11.6. The van der Waals surface area contributed by atoms with Crippen molar-refractivity contribution < 1.29 is 18.0 Å². The van der Waals surface area contributed by atoms with Crippen LogP contribution in [0.2, 0.25) is 0 Å². The molecule has 35 heavy (non-hydrogen) atoms. The van der Waals surface area contributed by atoms with Crippen molar-refractivity contribution in [2.45, 2.75) is 33.0 Å². The van der Waals surface area contributed by atoms with E-state index < -0.39 is 11.7 Å². The summed E-state index contributed by atoms with van der Waals surface area (Å²) in [5.41, 5.74) is 2.93. The lowest BCUT2D eigenvalue weighted by molar-refractivity contribution is -0.138. The smallest absolute Gasteiger partial charge is 0.342 e. The number of hydrogen-bond donors (Lipinski definition) is 1. The maximum absolute atomic E-state index is 13.7. The molecule has 1 N–H and O–H groups in total. The molecule has 0 unspecified atom stereocenters. The van der Waals surface area contributed by atoms with Gasteiger partial charge in [0.05, 0.1) is 23.1 Å². The van der Waals surface area contributed by atoms with Crippen molar-refractivity contribution in [2.75, 3.05) is 18.9 Å². The van der Waals surface area contributed by atoms with E-state index in [0.29, 0.717) is 29.1 Å². The van der Waals surface area contributed by atoms with Gasteiger partial charge in [0.1, 0.15) is 0 Å². The number of halogens is 3. The molecule has 8 heteroatoms. The Balaban J connectivity index is 1.80. The summed E-state index contributed by atoms with van der Waals surface area (Å²) in [6, 6.07) is 18.3. The summed E-state index contributed by atoms with van der Waals surface area (Å²) in [7, 11) is 1.74. The van der Waals surface area contributed by atoms with Crippen molar-refractivity contribution in [1.29, 1.82) is 0 Å². The number of carbonyl (C=O) groups is 1. The van der Waals surface area contributed by atoms with E-state index in [-0.39, 0.29) is 18.0 Å². The molecule has 0 saturated carbocycles. The van der Waals surface area contributed by atoms with Crippen LogP contribution < -0.4 is 5.32 Å². The van der Waals surface area contributed by atoms with Crippen LogP contribution in [0.15, 0.2) is 66.7 Å². The molecule has 0 atom stereocenters. The number of anilines is 2. The van der Waals surface area contributed by atoms with Crippen molar-refractivity contribution in [1.82, 2.24) is 14.5 Å². The van der Waals surface area contributed by atoms with Gasteiger partial charge in [0, 0.05) is 24.8 Å². The molecular weight excluding hydrogens is 453 g/mol. The number of aromatic nitrogens is 2. The number of fused-ring (bicyclic) bond motifs is 1. The van der Waals surface area contributed by atoms with E-state index in [1.165, 1.54) is 12.1 Å². The number of rotatable bonds is 7. The van der Waals surface area contributed by atoms with Crippen LogP contribution in [0.1, 0.15) is 40.4 Å². The first-order chi connectivity index (χ1) is 16.7. The Morgan fingerprint density at radius 2 is 1.77 bits per heavy atom. The fourth-order valence-corrected chi connectivity index (χ4v) is 4.05. The van der Waals surface area contributed by atoms with Gasteiger partial charge in [0.25, 0.3) is 5.91 Å². The van der Waals surface area contributed by atoms with Crippen LogP contribution >= 0.6 is 0 Å². The van der Waals surface area contributed by atoms with E-state index in [9.17, 15) is 18.0 Å². The highest BCUT2D eigenvalue weighted by atomic mass is 19.4. The van der Waals surface area contributed by atoms with Gasteiger partial charge < -0.3 is 14.8 Å². The zero-order chi connectivity index (χ0) is 25.2. The molecule has 3 aromatic carbocycles. The monoisotopic (exact) mass is 480 g/mol. The van der Waals surface area contributed by atoms with Gasteiger partial charge >= 0.3 is 6.18 Å². The number of nitrogens with one attached hydrogen (secondary N) is 1. The van der Waals surface area contributed by atoms with Crippen molar-refractivity contribution in [2.24, 2.45) is 0 Å². The summed E-state index contributed by atoms with van der Waals surface area (Å²) in [4.78, 5) is 19.1. The van der Waals surface area contributed by atoms with E-state index >= 15 is 0 Å². The van der Waals surface area contributed by atoms with Crippen LogP contribution in [-0.4, -0.2) is 34.0 Å². The largest absolute Gasteiger partial charge is 0.416 e. The number of hydrogen-bond acceptors (Lipinski definition) is 3.